The van der Waals surface area contributed by atoms with E-state index in [1.165, 1.54) is 6.92 Å². The number of nitrogen functional groups attached to an aromatic ring is 1. The van der Waals surface area contributed by atoms with Crippen LogP contribution in [0.2, 0.25) is 0 Å². The van der Waals surface area contributed by atoms with Crippen molar-refractivity contribution in [3.8, 4) is 11.3 Å². The number of hydrogen-bond donors (Lipinski definition) is 3. The van der Waals surface area contributed by atoms with Crippen LogP contribution in [-0.4, -0.2) is 46.6 Å². The van der Waals surface area contributed by atoms with Gasteiger partial charge in [0.05, 0.1) is 5.69 Å². The Morgan fingerprint density at radius 3 is 2.67 bits per heavy atom. The number of nitrogens with one attached hydrogen (secondary N) is 2. The highest BCUT2D eigenvalue weighted by Gasteiger charge is 2.41. The molecule has 4 aromatic heterocycles. The third-order valence-corrected chi connectivity index (χ3v) is 6.25. The first kappa shape index (κ1) is 21.2. The minimum atomic E-state index is -0.190. The lowest BCUT2D eigenvalue weighted by Crippen LogP contribution is -2.59. The summed E-state index contributed by atoms with van der Waals surface area (Å²) < 4.78 is 3.87. The monoisotopic (exact) mass is 447 g/mol. The van der Waals surface area contributed by atoms with E-state index < -0.39 is 0 Å². The van der Waals surface area contributed by atoms with Crippen LogP contribution in [0.3, 0.4) is 0 Å². The molecule has 172 valence electrons. The molecule has 1 fully saturated rings. The van der Waals surface area contributed by atoms with Crippen LogP contribution in [0.4, 0.5) is 11.8 Å². The quantitative estimate of drug-likeness (QED) is 0.429. The SMILES string of the molecule is CC(=O)NC1(C)CC(Nc2nc(N)c3c(-c4ccc5nc(C)n(C(C)C)c5n4)ccn3n2)C1. The molecular weight excluding hydrogens is 418 g/mol. The summed E-state index contributed by atoms with van der Waals surface area (Å²) >= 11 is 0. The number of rotatable bonds is 5. The number of pyridine rings is 1. The number of nitrogens with zero attached hydrogens (tertiary/aromatic N) is 6. The van der Waals surface area contributed by atoms with Crippen LogP contribution in [-0.2, 0) is 4.79 Å². The van der Waals surface area contributed by atoms with Crippen LogP contribution in [0, 0.1) is 6.92 Å². The summed E-state index contributed by atoms with van der Waals surface area (Å²) in [4.78, 5) is 25.4. The van der Waals surface area contributed by atoms with Crippen molar-refractivity contribution >= 4 is 34.4 Å². The molecule has 0 bridgehead atoms. The lowest BCUT2D eigenvalue weighted by Gasteiger charge is -2.45. The summed E-state index contributed by atoms with van der Waals surface area (Å²) in [5, 5.41) is 10.9. The van der Waals surface area contributed by atoms with Gasteiger partial charge in [0, 0.05) is 36.3 Å². The summed E-state index contributed by atoms with van der Waals surface area (Å²) in [5.74, 6) is 1.77. The fourth-order valence-electron chi connectivity index (χ4n) is 5.01. The molecule has 1 saturated carbocycles. The molecule has 0 unspecified atom stereocenters. The smallest absolute Gasteiger partial charge is 0.243 e. The van der Waals surface area contributed by atoms with Crippen molar-refractivity contribution in [2.24, 2.45) is 0 Å². The molecule has 0 saturated heterocycles. The van der Waals surface area contributed by atoms with Crippen LogP contribution < -0.4 is 16.4 Å². The Balaban J connectivity index is 1.45. The minimum Gasteiger partial charge on any atom is -0.382 e. The van der Waals surface area contributed by atoms with E-state index in [1.54, 1.807) is 4.52 Å². The normalized spacial score (nSPS) is 20.4. The van der Waals surface area contributed by atoms with E-state index in [1.807, 2.05) is 38.2 Å². The van der Waals surface area contributed by atoms with Crippen molar-refractivity contribution in [1.82, 2.24) is 34.4 Å². The Bertz CT molecular complexity index is 1380. The van der Waals surface area contributed by atoms with E-state index >= 15 is 0 Å². The molecule has 1 aliphatic rings. The second-order valence-electron chi connectivity index (χ2n) is 9.50. The van der Waals surface area contributed by atoms with Gasteiger partial charge in [0.25, 0.3) is 0 Å². The van der Waals surface area contributed by atoms with E-state index in [2.05, 4.69) is 44.1 Å². The number of amides is 1. The van der Waals surface area contributed by atoms with Crippen molar-refractivity contribution in [2.75, 3.05) is 11.1 Å². The summed E-state index contributed by atoms with van der Waals surface area (Å²) in [6.45, 7) is 9.82. The Hall–Kier alpha value is -3.69. The second kappa shape index (κ2) is 7.43. The molecule has 0 spiro atoms. The van der Waals surface area contributed by atoms with Crippen molar-refractivity contribution < 1.29 is 4.79 Å². The molecule has 5 rings (SSSR count). The van der Waals surface area contributed by atoms with E-state index in [-0.39, 0.29) is 23.5 Å². The van der Waals surface area contributed by atoms with Crippen molar-refractivity contribution in [1.29, 1.82) is 0 Å². The molecule has 0 radical (unpaired) electrons. The Kier molecular flexibility index (Phi) is 4.77. The van der Waals surface area contributed by atoms with E-state index in [9.17, 15) is 4.79 Å². The highest BCUT2D eigenvalue weighted by Crippen LogP contribution is 2.34. The van der Waals surface area contributed by atoms with Gasteiger partial charge in [0.15, 0.2) is 11.5 Å². The van der Waals surface area contributed by atoms with Crippen LogP contribution in [0.5, 0.6) is 0 Å². The average Bonchev–Trinajstić information content (AvgIpc) is 3.26. The van der Waals surface area contributed by atoms with Gasteiger partial charge in [-0.1, -0.05) is 0 Å². The molecule has 1 amide bonds. The number of imidazole rings is 1. The van der Waals surface area contributed by atoms with Gasteiger partial charge in [-0.25, -0.2) is 14.5 Å². The zero-order chi connectivity index (χ0) is 23.5. The lowest BCUT2D eigenvalue weighted by molar-refractivity contribution is -0.121. The van der Waals surface area contributed by atoms with Crippen molar-refractivity contribution in [3.63, 3.8) is 0 Å². The van der Waals surface area contributed by atoms with Crippen LogP contribution in [0.25, 0.3) is 27.9 Å². The third kappa shape index (κ3) is 3.65. The molecule has 0 aliphatic heterocycles. The van der Waals surface area contributed by atoms with Gasteiger partial charge in [0.2, 0.25) is 11.9 Å². The highest BCUT2D eigenvalue weighted by molar-refractivity contribution is 5.88. The Labute approximate surface area is 191 Å². The summed E-state index contributed by atoms with van der Waals surface area (Å²) in [6.07, 6.45) is 3.47. The fraction of sp³-hybridized carbons (Fsp3) is 0.435. The predicted octanol–water partition coefficient (Wildman–Crippen LogP) is 3.08. The topological polar surface area (TPSA) is 128 Å². The summed E-state index contributed by atoms with van der Waals surface area (Å²) in [5.41, 5.74) is 10.3. The average molecular weight is 448 g/mol. The van der Waals surface area contributed by atoms with Gasteiger partial charge < -0.3 is 20.9 Å². The number of fused-ring (bicyclic) bond motifs is 2. The maximum Gasteiger partial charge on any atom is 0.243 e. The lowest BCUT2D eigenvalue weighted by atomic mass is 9.74. The first-order valence-electron chi connectivity index (χ1n) is 11.2. The number of aromatic nitrogens is 6. The van der Waals surface area contributed by atoms with Crippen LogP contribution >= 0.6 is 0 Å². The predicted molar refractivity (Wildman–Crippen MR) is 128 cm³/mol. The number of carbonyl (C=O) groups is 1. The molecular formula is C23H29N9O. The van der Waals surface area contributed by atoms with Crippen molar-refractivity contribution in [2.45, 2.75) is 65.1 Å². The van der Waals surface area contributed by atoms with Gasteiger partial charge in [0.1, 0.15) is 16.9 Å². The Morgan fingerprint density at radius 2 is 1.97 bits per heavy atom. The van der Waals surface area contributed by atoms with E-state index in [0.29, 0.717) is 11.8 Å². The molecule has 4 heterocycles. The standard InChI is InChI=1S/C23H29N9O/c1-12(2)32-13(3)25-18-7-6-17(27-21(18)32)16-8-9-31-19(16)20(24)28-22(30-31)26-15-10-23(5,11-15)29-14(4)33/h6-9,12,15H,10-11H2,1-5H3,(H,29,33)(H3,24,26,28,30). The zero-order valence-corrected chi connectivity index (χ0v) is 19.5. The van der Waals surface area contributed by atoms with Crippen molar-refractivity contribution in [3.05, 3.63) is 30.2 Å². The molecule has 1 aliphatic carbocycles. The zero-order valence-electron chi connectivity index (χ0n) is 19.5. The summed E-state index contributed by atoms with van der Waals surface area (Å²) in [7, 11) is 0. The number of carbonyl (C=O) groups excluding carboxylic acids is 1. The Morgan fingerprint density at radius 1 is 1.21 bits per heavy atom. The van der Waals surface area contributed by atoms with Gasteiger partial charge in [-0.2, -0.15) is 4.98 Å². The minimum absolute atomic E-state index is 0.0175. The molecule has 4 N–H and O–H groups in total. The second-order valence-corrected chi connectivity index (χ2v) is 9.50. The molecule has 33 heavy (non-hydrogen) atoms. The van der Waals surface area contributed by atoms with E-state index in [0.717, 1.165) is 46.6 Å². The first-order valence-corrected chi connectivity index (χ1v) is 11.2. The third-order valence-electron chi connectivity index (χ3n) is 6.25. The van der Waals surface area contributed by atoms with Gasteiger partial charge in [-0.05, 0) is 58.7 Å². The largest absolute Gasteiger partial charge is 0.382 e. The number of hydrogen-bond acceptors (Lipinski definition) is 7. The molecule has 10 heteroatoms. The van der Waals surface area contributed by atoms with Crippen LogP contribution in [0.1, 0.15) is 52.4 Å². The van der Waals surface area contributed by atoms with Gasteiger partial charge in [-0.15, -0.1) is 5.10 Å². The number of nitrogens with two attached hydrogens (primary N) is 1. The van der Waals surface area contributed by atoms with Gasteiger partial charge >= 0.3 is 0 Å². The molecule has 0 atom stereocenters. The molecule has 10 nitrogen and oxygen atoms in total. The molecule has 0 aromatic carbocycles. The van der Waals surface area contributed by atoms with Gasteiger partial charge in [-0.3, -0.25) is 4.79 Å². The van der Waals surface area contributed by atoms with Crippen LogP contribution in [0.15, 0.2) is 24.4 Å². The maximum absolute atomic E-state index is 11.4. The number of aryl methyl sites for hydroxylation is 1. The first-order chi connectivity index (χ1) is 15.6. The number of anilines is 2. The van der Waals surface area contributed by atoms with E-state index in [4.69, 9.17) is 10.7 Å². The molecule has 4 aromatic rings. The highest BCUT2D eigenvalue weighted by atomic mass is 16.1. The summed E-state index contributed by atoms with van der Waals surface area (Å²) in [6, 6.07) is 6.33. The maximum atomic E-state index is 11.4. The fourth-order valence-corrected chi connectivity index (χ4v) is 5.01.